The predicted molar refractivity (Wildman–Crippen MR) is 123 cm³/mol. The quantitative estimate of drug-likeness (QED) is 0.605. The van der Waals surface area contributed by atoms with Crippen LogP contribution < -0.4 is 9.47 Å². The SMILES string of the molecule is COC(=O)C1=CN(CC23CC4CC(CC(C4)C2)C3)C=C(C(=O)OC)C1c1ccc2c(c1)OCO2. The van der Waals surface area contributed by atoms with Gasteiger partial charge in [0.15, 0.2) is 11.5 Å². The number of esters is 2. The van der Waals surface area contributed by atoms with E-state index in [0.717, 1.165) is 29.9 Å². The summed E-state index contributed by atoms with van der Waals surface area (Å²) in [5.74, 6) is 2.21. The van der Waals surface area contributed by atoms with Crippen molar-refractivity contribution in [1.82, 2.24) is 4.90 Å². The molecule has 4 saturated carbocycles. The molecule has 0 atom stereocenters. The Balaban J connectivity index is 1.37. The molecule has 7 heteroatoms. The molecule has 180 valence electrons. The third kappa shape index (κ3) is 3.56. The van der Waals surface area contributed by atoms with E-state index in [0.29, 0.717) is 22.6 Å². The van der Waals surface area contributed by atoms with Crippen LogP contribution in [0.1, 0.15) is 50.0 Å². The van der Waals surface area contributed by atoms with Gasteiger partial charge in [-0.05, 0) is 79.4 Å². The van der Waals surface area contributed by atoms with Crippen molar-refractivity contribution in [3.05, 3.63) is 47.3 Å². The van der Waals surface area contributed by atoms with Crippen LogP contribution in [-0.4, -0.2) is 44.4 Å². The number of hydrogen-bond donors (Lipinski definition) is 0. The smallest absolute Gasteiger partial charge is 0.336 e. The number of benzene rings is 1. The van der Waals surface area contributed by atoms with E-state index in [1.807, 2.05) is 30.6 Å². The van der Waals surface area contributed by atoms with E-state index in [4.69, 9.17) is 18.9 Å². The minimum absolute atomic E-state index is 0.154. The van der Waals surface area contributed by atoms with Gasteiger partial charge in [-0.3, -0.25) is 0 Å². The van der Waals surface area contributed by atoms with Gasteiger partial charge in [-0.1, -0.05) is 6.07 Å². The Labute approximate surface area is 199 Å². The monoisotopic (exact) mass is 465 g/mol. The van der Waals surface area contributed by atoms with Crippen molar-refractivity contribution in [2.45, 2.75) is 44.4 Å². The van der Waals surface area contributed by atoms with E-state index in [2.05, 4.69) is 4.90 Å². The zero-order chi connectivity index (χ0) is 23.4. The first-order valence-corrected chi connectivity index (χ1v) is 12.2. The Bertz CT molecular complexity index is 1020. The molecular formula is C27H31NO6. The van der Waals surface area contributed by atoms with Gasteiger partial charge in [-0.15, -0.1) is 0 Å². The lowest BCUT2D eigenvalue weighted by atomic mass is 9.49. The number of rotatable bonds is 5. The number of fused-ring (bicyclic) bond motifs is 1. The molecule has 0 spiro atoms. The number of ether oxygens (including phenoxy) is 4. The van der Waals surface area contributed by atoms with Gasteiger partial charge in [-0.25, -0.2) is 9.59 Å². The van der Waals surface area contributed by atoms with Gasteiger partial charge in [0.1, 0.15) is 0 Å². The lowest BCUT2D eigenvalue weighted by Gasteiger charge is -2.57. The zero-order valence-electron chi connectivity index (χ0n) is 19.7. The van der Waals surface area contributed by atoms with Crippen LogP contribution in [0.2, 0.25) is 0 Å². The summed E-state index contributed by atoms with van der Waals surface area (Å²) in [7, 11) is 2.75. The number of hydrogen-bond acceptors (Lipinski definition) is 7. The molecule has 7 rings (SSSR count). The van der Waals surface area contributed by atoms with E-state index in [-0.39, 0.29) is 12.2 Å². The first kappa shape index (κ1) is 21.6. The molecule has 0 saturated heterocycles. The Kier molecular flexibility index (Phi) is 5.12. The summed E-state index contributed by atoms with van der Waals surface area (Å²) in [5.41, 5.74) is 1.85. The number of nitrogens with zero attached hydrogens (tertiary/aromatic N) is 1. The molecule has 0 radical (unpaired) electrons. The second-order valence-corrected chi connectivity index (χ2v) is 10.8. The maximum absolute atomic E-state index is 13.0. The molecule has 0 unspecified atom stereocenters. The summed E-state index contributed by atoms with van der Waals surface area (Å²) < 4.78 is 21.3. The van der Waals surface area contributed by atoms with Crippen molar-refractivity contribution in [3.8, 4) is 11.5 Å². The van der Waals surface area contributed by atoms with Gasteiger partial charge >= 0.3 is 11.9 Å². The summed E-state index contributed by atoms with van der Waals surface area (Å²) in [6, 6.07) is 5.50. The molecular weight excluding hydrogens is 434 g/mol. The minimum Gasteiger partial charge on any atom is -0.466 e. The largest absolute Gasteiger partial charge is 0.466 e. The highest BCUT2D eigenvalue weighted by molar-refractivity contribution is 5.98. The lowest BCUT2D eigenvalue weighted by Crippen LogP contribution is -2.50. The van der Waals surface area contributed by atoms with Crippen molar-refractivity contribution in [2.24, 2.45) is 23.2 Å². The predicted octanol–water partition coefficient (Wildman–Crippen LogP) is 4.14. The minimum atomic E-state index is -0.609. The molecule has 2 heterocycles. The van der Waals surface area contributed by atoms with Gasteiger partial charge < -0.3 is 23.8 Å². The Morgan fingerprint density at radius 2 is 1.47 bits per heavy atom. The standard InChI is InChI=1S/C27H31NO6/c1-31-25(29)20-12-28(14-27-9-16-5-17(10-27)7-18(6-16)11-27)13-21(26(30)32-2)24(20)19-3-4-22-23(8-19)34-15-33-22/h3-4,8,12-13,16-18,24H,5-7,9-11,14-15H2,1-2H3. The van der Waals surface area contributed by atoms with Crippen LogP contribution in [0.4, 0.5) is 0 Å². The maximum atomic E-state index is 13.0. The molecule has 0 aromatic heterocycles. The number of carbonyl (C=O) groups is 2. The van der Waals surface area contributed by atoms with Gasteiger partial charge in [-0.2, -0.15) is 0 Å². The second-order valence-electron chi connectivity index (χ2n) is 10.8. The first-order chi connectivity index (χ1) is 16.5. The van der Waals surface area contributed by atoms with E-state index in [9.17, 15) is 9.59 Å². The van der Waals surface area contributed by atoms with Gasteiger partial charge in [0, 0.05) is 18.9 Å². The molecule has 34 heavy (non-hydrogen) atoms. The lowest BCUT2D eigenvalue weighted by molar-refractivity contribution is -0.137. The topological polar surface area (TPSA) is 74.3 Å². The Morgan fingerprint density at radius 1 is 0.912 bits per heavy atom. The molecule has 4 aliphatic carbocycles. The molecule has 4 bridgehead atoms. The third-order valence-electron chi connectivity index (χ3n) is 8.49. The summed E-state index contributed by atoms with van der Waals surface area (Å²) in [5, 5.41) is 0. The molecule has 0 N–H and O–H groups in total. The van der Waals surface area contributed by atoms with Crippen molar-refractivity contribution < 1.29 is 28.5 Å². The van der Waals surface area contributed by atoms with Crippen molar-refractivity contribution in [3.63, 3.8) is 0 Å². The van der Waals surface area contributed by atoms with Crippen LogP contribution in [0.5, 0.6) is 11.5 Å². The van der Waals surface area contributed by atoms with Crippen LogP contribution >= 0.6 is 0 Å². The van der Waals surface area contributed by atoms with Gasteiger partial charge in [0.05, 0.1) is 31.3 Å². The fourth-order valence-corrected chi connectivity index (χ4v) is 7.70. The van der Waals surface area contributed by atoms with Gasteiger partial charge in [0.2, 0.25) is 6.79 Å². The highest BCUT2D eigenvalue weighted by atomic mass is 16.7. The molecule has 7 nitrogen and oxygen atoms in total. The molecule has 1 aromatic carbocycles. The zero-order valence-corrected chi connectivity index (χ0v) is 19.7. The van der Waals surface area contributed by atoms with E-state index < -0.39 is 17.9 Å². The molecule has 2 aliphatic heterocycles. The second kappa shape index (κ2) is 8.07. The van der Waals surface area contributed by atoms with Crippen LogP contribution in [0, 0.1) is 23.2 Å². The molecule has 4 fully saturated rings. The summed E-state index contributed by atoms with van der Waals surface area (Å²) in [6.45, 7) is 0.965. The fraction of sp³-hybridized carbons (Fsp3) is 0.556. The molecule has 1 aromatic rings. The van der Waals surface area contributed by atoms with Crippen LogP contribution in [0.25, 0.3) is 0 Å². The highest BCUT2D eigenvalue weighted by Gasteiger charge is 2.51. The summed E-state index contributed by atoms with van der Waals surface area (Å²) in [6.07, 6.45) is 11.6. The average Bonchev–Trinajstić information content (AvgIpc) is 3.29. The number of methoxy groups -OCH3 is 2. The third-order valence-corrected chi connectivity index (χ3v) is 8.49. The fourth-order valence-electron chi connectivity index (χ4n) is 7.70. The van der Waals surface area contributed by atoms with E-state index in [1.54, 1.807) is 0 Å². The Hall–Kier alpha value is -2.96. The van der Waals surface area contributed by atoms with Gasteiger partial charge in [0.25, 0.3) is 0 Å². The molecule has 6 aliphatic rings. The molecule has 0 amide bonds. The summed E-state index contributed by atoms with van der Waals surface area (Å²) in [4.78, 5) is 28.0. The van der Waals surface area contributed by atoms with Crippen molar-refractivity contribution >= 4 is 11.9 Å². The van der Waals surface area contributed by atoms with Crippen molar-refractivity contribution in [1.29, 1.82) is 0 Å². The maximum Gasteiger partial charge on any atom is 0.336 e. The Morgan fingerprint density at radius 3 is 2.03 bits per heavy atom. The number of carbonyl (C=O) groups excluding carboxylic acids is 2. The van der Waals surface area contributed by atoms with Crippen LogP contribution in [0.3, 0.4) is 0 Å². The van der Waals surface area contributed by atoms with E-state index in [1.165, 1.54) is 52.7 Å². The summed E-state index contributed by atoms with van der Waals surface area (Å²) >= 11 is 0. The van der Waals surface area contributed by atoms with Crippen LogP contribution in [0.15, 0.2) is 41.7 Å². The van der Waals surface area contributed by atoms with Crippen LogP contribution in [-0.2, 0) is 19.1 Å². The average molecular weight is 466 g/mol. The highest BCUT2D eigenvalue weighted by Crippen LogP contribution is 2.60. The normalized spacial score (nSPS) is 31.2. The first-order valence-electron chi connectivity index (χ1n) is 12.2. The van der Waals surface area contributed by atoms with E-state index >= 15 is 0 Å². The van der Waals surface area contributed by atoms with Crippen molar-refractivity contribution in [2.75, 3.05) is 27.6 Å².